The van der Waals surface area contributed by atoms with Crippen LogP contribution in [0.1, 0.15) is 0 Å². The highest BCUT2D eigenvalue weighted by molar-refractivity contribution is 9.09. The average Bonchev–Trinajstić information content (AvgIpc) is 2.25. The first-order valence-corrected chi connectivity index (χ1v) is 7.65. The number of benzene rings is 1. The molecule has 0 N–H and O–H groups in total. The number of rotatable bonds is 5. The van der Waals surface area contributed by atoms with Crippen LogP contribution in [0.15, 0.2) is 24.3 Å². The molecule has 0 bridgehead atoms. The summed E-state index contributed by atoms with van der Waals surface area (Å²) in [6.07, 6.45) is 1.17. The van der Waals surface area contributed by atoms with Crippen molar-refractivity contribution in [1.29, 1.82) is 0 Å². The Morgan fingerprint density at radius 2 is 1.88 bits per heavy atom. The lowest BCUT2D eigenvalue weighted by Crippen LogP contribution is -2.24. The monoisotopic (exact) mass is 307 g/mol. The molecule has 0 amide bonds. The summed E-state index contributed by atoms with van der Waals surface area (Å²) in [5, 5.41) is 0.762. The van der Waals surface area contributed by atoms with E-state index in [1.807, 2.05) is 0 Å². The minimum absolute atomic E-state index is 0.585. The van der Waals surface area contributed by atoms with E-state index < -0.39 is 10.0 Å². The summed E-state index contributed by atoms with van der Waals surface area (Å²) in [5.74, 6) is 0.727. The fourth-order valence-electron chi connectivity index (χ4n) is 1.10. The molecule has 0 heterocycles. The van der Waals surface area contributed by atoms with E-state index in [-0.39, 0.29) is 0 Å². The van der Waals surface area contributed by atoms with Crippen LogP contribution in [0.2, 0.25) is 0 Å². The first-order valence-electron chi connectivity index (χ1n) is 4.68. The molecular weight excluding hydrogens is 294 g/mol. The summed E-state index contributed by atoms with van der Waals surface area (Å²) < 4.78 is 29.1. The molecular formula is C10H14BrNO3S. The molecule has 0 aliphatic carbocycles. The highest BCUT2D eigenvalue weighted by atomic mass is 79.9. The maximum Gasteiger partial charge on any atom is 0.231 e. The van der Waals surface area contributed by atoms with Crippen LogP contribution in [0, 0.1) is 0 Å². The van der Waals surface area contributed by atoms with Crippen molar-refractivity contribution >= 4 is 31.6 Å². The molecule has 1 rings (SSSR count). The molecule has 16 heavy (non-hydrogen) atoms. The van der Waals surface area contributed by atoms with Crippen molar-refractivity contribution in [1.82, 2.24) is 0 Å². The first kappa shape index (κ1) is 13.3. The van der Waals surface area contributed by atoms with Crippen LogP contribution in [-0.2, 0) is 10.0 Å². The zero-order valence-corrected chi connectivity index (χ0v) is 11.6. The van der Waals surface area contributed by atoms with Gasteiger partial charge in [0, 0.05) is 12.4 Å². The van der Waals surface area contributed by atoms with Crippen molar-refractivity contribution in [3.8, 4) is 5.75 Å². The van der Waals surface area contributed by atoms with Crippen LogP contribution in [0.3, 0.4) is 0 Å². The number of halogens is 1. The van der Waals surface area contributed by atoms with Crippen LogP contribution in [0.25, 0.3) is 0 Å². The van der Waals surface area contributed by atoms with Crippen LogP contribution >= 0.6 is 15.9 Å². The summed E-state index contributed by atoms with van der Waals surface area (Å²) in [6.45, 7) is 0.585. The molecule has 90 valence electrons. The second-order valence-electron chi connectivity index (χ2n) is 3.26. The van der Waals surface area contributed by atoms with Gasteiger partial charge in [0.15, 0.2) is 0 Å². The van der Waals surface area contributed by atoms with Gasteiger partial charge in [-0.25, -0.2) is 8.42 Å². The Kier molecular flexibility index (Phi) is 4.61. The van der Waals surface area contributed by atoms with Gasteiger partial charge in [0.05, 0.1) is 18.6 Å². The third-order valence-electron chi connectivity index (χ3n) is 2.04. The van der Waals surface area contributed by atoms with Crippen molar-refractivity contribution in [2.24, 2.45) is 0 Å². The predicted molar refractivity (Wildman–Crippen MR) is 69.0 cm³/mol. The number of ether oxygens (including phenoxy) is 1. The van der Waals surface area contributed by atoms with Crippen molar-refractivity contribution in [2.75, 3.05) is 29.5 Å². The quantitative estimate of drug-likeness (QED) is 0.780. The lowest BCUT2D eigenvalue weighted by molar-refractivity contribution is 0.345. The summed E-state index contributed by atoms with van der Waals surface area (Å²) in [7, 11) is -1.68. The Labute approximate surface area is 104 Å². The van der Waals surface area contributed by atoms with Crippen molar-refractivity contribution in [2.45, 2.75) is 0 Å². The summed E-state index contributed by atoms with van der Waals surface area (Å²) in [4.78, 5) is 0. The summed E-state index contributed by atoms with van der Waals surface area (Å²) in [5.41, 5.74) is 0.619. The number of anilines is 1. The fourth-order valence-corrected chi connectivity index (χ4v) is 1.77. The maximum atomic E-state index is 11.3. The SMILES string of the molecule is CN(c1ccc(OCCBr)cc1)S(C)(=O)=O. The minimum Gasteiger partial charge on any atom is -0.493 e. The molecule has 0 aliphatic heterocycles. The standard InChI is InChI=1S/C10H14BrNO3S/c1-12(16(2,13)14)9-3-5-10(6-4-9)15-8-7-11/h3-6H,7-8H2,1-2H3. The van der Waals surface area contributed by atoms with Gasteiger partial charge in [0.1, 0.15) is 5.75 Å². The Bertz CT molecular complexity index is 430. The fraction of sp³-hybridized carbons (Fsp3) is 0.400. The lowest BCUT2D eigenvalue weighted by Gasteiger charge is -2.16. The van der Waals surface area contributed by atoms with Gasteiger partial charge in [-0.2, -0.15) is 0 Å². The largest absolute Gasteiger partial charge is 0.493 e. The first-order chi connectivity index (χ1) is 7.45. The summed E-state index contributed by atoms with van der Waals surface area (Å²) >= 11 is 3.26. The lowest BCUT2D eigenvalue weighted by atomic mass is 10.3. The van der Waals surface area contributed by atoms with E-state index in [1.165, 1.54) is 17.6 Å². The van der Waals surface area contributed by atoms with Crippen LogP contribution in [0.5, 0.6) is 5.75 Å². The molecule has 0 aromatic heterocycles. The van der Waals surface area contributed by atoms with E-state index in [0.717, 1.165) is 11.1 Å². The minimum atomic E-state index is -3.20. The Morgan fingerprint density at radius 1 is 1.31 bits per heavy atom. The molecule has 0 unspecified atom stereocenters. The van der Waals surface area contributed by atoms with Crippen LogP contribution < -0.4 is 9.04 Å². The molecule has 6 heteroatoms. The van der Waals surface area contributed by atoms with Crippen molar-refractivity contribution in [3.63, 3.8) is 0 Å². The van der Waals surface area contributed by atoms with Gasteiger partial charge < -0.3 is 4.74 Å². The molecule has 1 aromatic rings. The number of hydrogen-bond donors (Lipinski definition) is 0. The molecule has 0 saturated carbocycles. The molecule has 0 fully saturated rings. The highest BCUT2D eigenvalue weighted by Crippen LogP contribution is 2.20. The van der Waals surface area contributed by atoms with E-state index in [0.29, 0.717) is 12.3 Å². The van der Waals surface area contributed by atoms with Crippen molar-refractivity contribution in [3.05, 3.63) is 24.3 Å². The Balaban J connectivity index is 2.79. The summed E-state index contributed by atoms with van der Waals surface area (Å²) in [6, 6.07) is 6.93. The van der Waals surface area contributed by atoms with Gasteiger partial charge in [0.25, 0.3) is 0 Å². The average molecular weight is 308 g/mol. The van der Waals surface area contributed by atoms with Crippen molar-refractivity contribution < 1.29 is 13.2 Å². The number of nitrogens with zero attached hydrogens (tertiary/aromatic N) is 1. The number of alkyl halides is 1. The Hall–Kier alpha value is -0.750. The highest BCUT2D eigenvalue weighted by Gasteiger charge is 2.11. The van der Waals surface area contributed by atoms with E-state index in [1.54, 1.807) is 24.3 Å². The second kappa shape index (κ2) is 5.54. The van der Waals surface area contributed by atoms with Gasteiger partial charge in [0.2, 0.25) is 10.0 Å². The smallest absolute Gasteiger partial charge is 0.231 e. The molecule has 4 nitrogen and oxygen atoms in total. The number of sulfonamides is 1. The van der Waals surface area contributed by atoms with E-state index in [4.69, 9.17) is 4.74 Å². The molecule has 0 saturated heterocycles. The zero-order chi connectivity index (χ0) is 12.2. The molecule has 0 radical (unpaired) electrons. The molecule has 0 atom stereocenters. The van der Waals surface area contributed by atoms with Gasteiger partial charge in [-0.3, -0.25) is 4.31 Å². The van der Waals surface area contributed by atoms with Crippen LogP contribution in [0.4, 0.5) is 5.69 Å². The van der Waals surface area contributed by atoms with E-state index in [9.17, 15) is 8.42 Å². The van der Waals surface area contributed by atoms with Gasteiger partial charge in [-0.05, 0) is 24.3 Å². The van der Waals surface area contributed by atoms with E-state index in [2.05, 4.69) is 15.9 Å². The Morgan fingerprint density at radius 3 is 2.31 bits per heavy atom. The molecule has 0 spiro atoms. The van der Waals surface area contributed by atoms with Crippen LogP contribution in [-0.4, -0.2) is 33.7 Å². The topological polar surface area (TPSA) is 46.6 Å². The second-order valence-corrected chi connectivity index (χ2v) is 6.07. The molecule has 0 aliphatic rings. The maximum absolute atomic E-state index is 11.3. The van der Waals surface area contributed by atoms with E-state index >= 15 is 0 Å². The third-order valence-corrected chi connectivity index (χ3v) is 3.57. The predicted octanol–water partition coefficient (Wildman–Crippen LogP) is 1.86. The normalized spacial score (nSPS) is 11.2. The van der Waals surface area contributed by atoms with Gasteiger partial charge in [-0.1, -0.05) is 15.9 Å². The zero-order valence-electron chi connectivity index (χ0n) is 9.18. The number of hydrogen-bond acceptors (Lipinski definition) is 3. The van der Waals surface area contributed by atoms with Gasteiger partial charge >= 0.3 is 0 Å². The molecule has 1 aromatic carbocycles. The third kappa shape index (κ3) is 3.68. The van der Waals surface area contributed by atoms with Gasteiger partial charge in [-0.15, -0.1) is 0 Å².